The zero-order valence-corrected chi connectivity index (χ0v) is 12.3. The highest BCUT2D eigenvalue weighted by molar-refractivity contribution is 7.89. The molecule has 8 heteroatoms. The van der Waals surface area contributed by atoms with Gasteiger partial charge in [0, 0.05) is 12.6 Å². The number of nitrogens with two attached hydrogens (primary N) is 2. The fourth-order valence-corrected chi connectivity index (χ4v) is 2.93. The molecule has 7 nitrogen and oxygen atoms in total. The summed E-state index contributed by atoms with van der Waals surface area (Å²) < 4.78 is 27.8. The molecule has 0 spiro atoms. The summed E-state index contributed by atoms with van der Waals surface area (Å²) in [4.78, 5) is 12.0. The third-order valence-corrected chi connectivity index (χ3v) is 4.72. The van der Waals surface area contributed by atoms with Gasteiger partial charge in [0.15, 0.2) is 5.76 Å². The van der Waals surface area contributed by atoms with E-state index in [9.17, 15) is 13.2 Å². The summed E-state index contributed by atoms with van der Waals surface area (Å²) in [6, 6.07) is 1.14. The van der Waals surface area contributed by atoms with E-state index in [1.807, 2.05) is 6.92 Å². The van der Waals surface area contributed by atoms with Gasteiger partial charge in [-0.15, -0.1) is 0 Å². The Bertz CT molecular complexity index is 633. The molecule has 0 aromatic carbocycles. The third kappa shape index (κ3) is 2.87. The topological polar surface area (TPSA) is 128 Å². The number of sulfonamides is 1. The van der Waals surface area contributed by atoms with E-state index in [-0.39, 0.29) is 16.4 Å². The van der Waals surface area contributed by atoms with Gasteiger partial charge < -0.3 is 15.5 Å². The van der Waals surface area contributed by atoms with Gasteiger partial charge in [-0.1, -0.05) is 0 Å². The first-order valence-corrected chi connectivity index (χ1v) is 7.88. The average molecular weight is 301 g/mol. The lowest BCUT2D eigenvalue weighted by Crippen LogP contribution is -2.53. The number of amides is 1. The maximum Gasteiger partial charge on any atom is 0.287 e. The molecular weight excluding hydrogens is 282 g/mol. The molecule has 0 radical (unpaired) electrons. The van der Waals surface area contributed by atoms with E-state index in [0.717, 1.165) is 18.9 Å². The molecule has 112 valence electrons. The maximum atomic E-state index is 12.1. The van der Waals surface area contributed by atoms with E-state index >= 15 is 0 Å². The number of hydrogen-bond donors (Lipinski definition) is 3. The number of primary sulfonamides is 1. The Morgan fingerprint density at radius 3 is 2.55 bits per heavy atom. The van der Waals surface area contributed by atoms with Gasteiger partial charge in [0.2, 0.25) is 10.0 Å². The Morgan fingerprint density at radius 2 is 2.15 bits per heavy atom. The molecule has 2 rings (SSSR count). The van der Waals surface area contributed by atoms with Gasteiger partial charge in [-0.05, 0) is 32.6 Å². The quantitative estimate of drug-likeness (QED) is 0.710. The second-order valence-electron chi connectivity index (χ2n) is 5.43. The zero-order chi connectivity index (χ0) is 15.1. The lowest BCUT2D eigenvalue weighted by molar-refractivity contribution is 0.0868. The van der Waals surface area contributed by atoms with Crippen molar-refractivity contribution in [2.24, 2.45) is 16.8 Å². The zero-order valence-electron chi connectivity index (χ0n) is 11.5. The van der Waals surface area contributed by atoms with Crippen LogP contribution in [-0.2, 0) is 10.0 Å². The Labute approximate surface area is 117 Å². The van der Waals surface area contributed by atoms with Crippen molar-refractivity contribution in [3.8, 4) is 0 Å². The lowest BCUT2D eigenvalue weighted by Gasteiger charge is -2.28. The van der Waals surface area contributed by atoms with Crippen molar-refractivity contribution in [1.82, 2.24) is 5.32 Å². The number of furan rings is 1. The number of nitrogens with one attached hydrogen (secondary N) is 1. The van der Waals surface area contributed by atoms with Crippen molar-refractivity contribution in [3.63, 3.8) is 0 Å². The summed E-state index contributed by atoms with van der Waals surface area (Å²) in [6.07, 6.45) is 2.04. The van der Waals surface area contributed by atoms with Crippen LogP contribution >= 0.6 is 0 Å². The Morgan fingerprint density at radius 1 is 1.55 bits per heavy atom. The minimum atomic E-state index is -3.90. The lowest BCUT2D eigenvalue weighted by atomic mass is 9.96. The number of carbonyl (C=O) groups excluding carboxylic acids is 1. The van der Waals surface area contributed by atoms with Crippen LogP contribution in [0.15, 0.2) is 15.4 Å². The second-order valence-corrected chi connectivity index (χ2v) is 6.96. The first-order chi connectivity index (χ1) is 9.17. The molecule has 1 unspecified atom stereocenters. The predicted octanol–water partition coefficient (Wildman–Crippen LogP) is 0.0926. The molecule has 1 aliphatic rings. The highest BCUT2D eigenvalue weighted by Gasteiger charge is 2.42. The molecule has 1 aliphatic carbocycles. The third-order valence-electron chi connectivity index (χ3n) is 3.70. The largest absolute Gasteiger partial charge is 0.455 e. The summed E-state index contributed by atoms with van der Waals surface area (Å²) in [5.74, 6) is -0.113. The fourth-order valence-electron chi connectivity index (χ4n) is 2.22. The molecule has 0 aliphatic heterocycles. The van der Waals surface area contributed by atoms with Crippen LogP contribution in [0.3, 0.4) is 0 Å². The van der Waals surface area contributed by atoms with E-state index in [0.29, 0.717) is 12.5 Å². The minimum absolute atomic E-state index is 0.0770. The van der Waals surface area contributed by atoms with Crippen LogP contribution in [0.2, 0.25) is 0 Å². The van der Waals surface area contributed by atoms with Crippen molar-refractivity contribution < 1.29 is 17.6 Å². The van der Waals surface area contributed by atoms with Crippen LogP contribution in [0, 0.1) is 12.8 Å². The summed E-state index contributed by atoms with van der Waals surface area (Å²) >= 11 is 0. The van der Waals surface area contributed by atoms with Gasteiger partial charge in [-0.25, -0.2) is 13.6 Å². The molecule has 1 aromatic heterocycles. The second kappa shape index (κ2) is 4.87. The van der Waals surface area contributed by atoms with Gasteiger partial charge >= 0.3 is 0 Å². The molecule has 1 fully saturated rings. The van der Waals surface area contributed by atoms with E-state index in [4.69, 9.17) is 15.3 Å². The summed E-state index contributed by atoms with van der Waals surface area (Å²) in [7, 11) is -3.90. The molecule has 0 saturated heterocycles. The van der Waals surface area contributed by atoms with Crippen molar-refractivity contribution >= 4 is 15.9 Å². The normalized spacial score (nSPS) is 18.6. The van der Waals surface area contributed by atoms with Crippen molar-refractivity contribution in [1.29, 1.82) is 0 Å². The van der Waals surface area contributed by atoms with E-state index in [2.05, 4.69) is 5.32 Å². The van der Waals surface area contributed by atoms with Crippen LogP contribution in [-0.4, -0.2) is 26.4 Å². The number of rotatable bonds is 5. The molecule has 1 heterocycles. The van der Waals surface area contributed by atoms with E-state index < -0.39 is 21.5 Å². The molecule has 1 aromatic rings. The molecular formula is C12H19N3O4S. The summed E-state index contributed by atoms with van der Waals surface area (Å²) in [5, 5.41) is 7.86. The van der Waals surface area contributed by atoms with Gasteiger partial charge in [-0.3, -0.25) is 4.79 Å². The highest BCUT2D eigenvalue weighted by Crippen LogP contribution is 2.39. The number of carbonyl (C=O) groups is 1. The molecule has 1 amide bonds. The average Bonchev–Trinajstić information content (AvgIpc) is 3.11. The first kappa shape index (κ1) is 15.0. The molecule has 5 N–H and O–H groups in total. The summed E-state index contributed by atoms with van der Waals surface area (Å²) in [6.45, 7) is 3.63. The Balaban J connectivity index is 2.22. The van der Waals surface area contributed by atoms with Gasteiger partial charge in [0.25, 0.3) is 5.91 Å². The molecule has 0 bridgehead atoms. The standard InChI is InChI=1S/C12H19N3O4S/c1-7-10(20(14,17)18)5-9(19-7)11(16)15-12(2,6-13)8-3-4-8/h5,8H,3-4,6,13H2,1-2H3,(H,15,16)(H2,14,17,18). The van der Waals surface area contributed by atoms with Gasteiger partial charge in [0.1, 0.15) is 10.7 Å². The Kier molecular flexibility index (Phi) is 3.66. The highest BCUT2D eigenvalue weighted by atomic mass is 32.2. The maximum absolute atomic E-state index is 12.1. The van der Waals surface area contributed by atoms with Crippen LogP contribution < -0.4 is 16.2 Å². The molecule has 1 saturated carbocycles. The molecule has 20 heavy (non-hydrogen) atoms. The smallest absolute Gasteiger partial charge is 0.287 e. The fraction of sp³-hybridized carbons (Fsp3) is 0.583. The van der Waals surface area contributed by atoms with Crippen LogP contribution in [0.25, 0.3) is 0 Å². The van der Waals surface area contributed by atoms with Crippen LogP contribution in [0.1, 0.15) is 36.1 Å². The van der Waals surface area contributed by atoms with Crippen LogP contribution in [0.5, 0.6) is 0 Å². The minimum Gasteiger partial charge on any atom is -0.455 e. The molecule has 1 atom stereocenters. The Hall–Kier alpha value is -1.38. The van der Waals surface area contributed by atoms with Crippen molar-refractivity contribution in [3.05, 3.63) is 17.6 Å². The first-order valence-electron chi connectivity index (χ1n) is 6.33. The van der Waals surface area contributed by atoms with Gasteiger partial charge in [0.05, 0.1) is 5.54 Å². The number of aryl methyl sites for hydroxylation is 1. The predicted molar refractivity (Wildman–Crippen MR) is 72.5 cm³/mol. The summed E-state index contributed by atoms with van der Waals surface area (Å²) in [5.41, 5.74) is 5.22. The SMILES string of the molecule is Cc1oc(C(=O)NC(C)(CN)C2CC2)cc1S(N)(=O)=O. The van der Waals surface area contributed by atoms with Gasteiger partial charge in [-0.2, -0.15) is 0 Å². The van der Waals surface area contributed by atoms with Crippen molar-refractivity contribution in [2.45, 2.75) is 37.1 Å². The van der Waals surface area contributed by atoms with Crippen molar-refractivity contribution in [2.75, 3.05) is 6.54 Å². The monoisotopic (exact) mass is 301 g/mol. The number of hydrogen-bond acceptors (Lipinski definition) is 5. The van der Waals surface area contributed by atoms with Crippen LogP contribution in [0.4, 0.5) is 0 Å². The van der Waals surface area contributed by atoms with E-state index in [1.54, 1.807) is 0 Å². The van der Waals surface area contributed by atoms with E-state index in [1.165, 1.54) is 6.92 Å².